The van der Waals surface area contributed by atoms with Gasteiger partial charge in [-0.2, -0.15) is 5.10 Å². The van der Waals surface area contributed by atoms with Crippen molar-refractivity contribution in [2.75, 3.05) is 5.75 Å². The highest BCUT2D eigenvalue weighted by Crippen LogP contribution is 2.25. The van der Waals surface area contributed by atoms with Gasteiger partial charge < -0.3 is 4.42 Å². The zero-order chi connectivity index (χ0) is 15.6. The van der Waals surface area contributed by atoms with Gasteiger partial charge in [0, 0.05) is 23.1 Å². The Morgan fingerprint density at radius 2 is 1.91 bits per heavy atom. The maximum Gasteiger partial charge on any atom is 0.419 e. The molecule has 0 N–H and O–H groups in total. The summed E-state index contributed by atoms with van der Waals surface area (Å²) in [6, 6.07) is 15.5. The van der Waals surface area contributed by atoms with E-state index in [4.69, 9.17) is 4.42 Å². The van der Waals surface area contributed by atoms with Crippen LogP contribution in [-0.2, 0) is 6.54 Å². The van der Waals surface area contributed by atoms with E-state index >= 15 is 0 Å². The summed E-state index contributed by atoms with van der Waals surface area (Å²) in [5.74, 6) is 0.391. The summed E-state index contributed by atoms with van der Waals surface area (Å²) in [5.41, 5.74) is 1.44. The molecule has 5 nitrogen and oxygen atoms in total. The molecule has 0 bridgehead atoms. The normalized spacial score (nSPS) is 11.3. The Morgan fingerprint density at radius 1 is 1.09 bits per heavy atom. The number of benzene rings is 2. The van der Waals surface area contributed by atoms with Crippen LogP contribution < -0.4 is 5.76 Å². The lowest BCUT2D eigenvalue weighted by atomic mass is 10.2. The molecule has 4 rings (SSSR count). The third-order valence-electron chi connectivity index (χ3n) is 3.66. The molecule has 0 saturated carbocycles. The molecule has 0 saturated heterocycles. The minimum atomic E-state index is -0.323. The minimum Gasteiger partial charge on any atom is -0.408 e. The van der Waals surface area contributed by atoms with Gasteiger partial charge in [-0.3, -0.25) is 4.57 Å². The fourth-order valence-electron chi connectivity index (χ4n) is 2.57. The average Bonchev–Trinajstić information content (AvgIpc) is 2.91. The Labute approximate surface area is 135 Å². The Hall–Kier alpha value is -2.60. The predicted molar refractivity (Wildman–Crippen MR) is 90.7 cm³/mol. The van der Waals surface area contributed by atoms with Crippen molar-refractivity contribution in [1.82, 2.24) is 14.8 Å². The summed E-state index contributed by atoms with van der Waals surface area (Å²) in [4.78, 5) is 12.0. The number of para-hydroxylation sites is 2. The number of aryl methyl sites for hydroxylation is 1. The first-order valence-corrected chi connectivity index (χ1v) is 8.23. The summed E-state index contributed by atoms with van der Waals surface area (Å²) < 4.78 is 6.90. The molecule has 6 heteroatoms. The molecule has 0 amide bonds. The summed E-state index contributed by atoms with van der Waals surface area (Å²) >= 11 is 1.59. The van der Waals surface area contributed by atoms with Gasteiger partial charge in [0.05, 0.1) is 11.7 Å². The van der Waals surface area contributed by atoms with Crippen LogP contribution in [0.2, 0.25) is 0 Å². The summed E-state index contributed by atoms with van der Waals surface area (Å²) in [6.45, 7) is 0.561. The standard InChI is InChI=1S/C17H13N3O2S/c21-17-20(14-7-3-4-8-15(14)22-17)9-10-23-16-13-6-2-1-5-12(13)11-18-19-16/h1-8,11H,9-10H2. The van der Waals surface area contributed by atoms with Crippen LogP contribution >= 0.6 is 11.8 Å². The SMILES string of the molecule is O=c1oc2ccccc2n1CCSc1nncc2ccccc12. The van der Waals surface area contributed by atoms with E-state index in [9.17, 15) is 4.79 Å². The van der Waals surface area contributed by atoms with Gasteiger partial charge in [-0.05, 0) is 12.1 Å². The van der Waals surface area contributed by atoms with Crippen LogP contribution in [0.5, 0.6) is 0 Å². The fraction of sp³-hybridized carbons (Fsp3) is 0.118. The topological polar surface area (TPSA) is 60.9 Å². The third-order valence-corrected chi connectivity index (χ3v) is 4.63. The molecule has 0 aliphatic carbocycles. The number of nitrogens with zero attached hydrogens (tertiary/aromatic N) is 3. The van der Waals surface area contributed by atoms with Crippen molar-refractivity contribution >= 4 is 33.6 Å². The number of fused-ring (bicyclic) bond motifs is 2. The second kappa shape index (κ2) is 5.89. The van der Waals surface area contributed by atoms with Gasteiger partial charge in [-0.1, -0.05) is 36.4 Å². The van der Waals surface area contributed by atoms with E-state index in [1.54, 1.807) is 28.6 Å². The molecule has 2 aromatic heterocycles. The molecule has 2 heterocycles. The predicted octanol–water partition coefficient (Wildman–Crippen LogP) is 3.33. The maximum atomic E-state index is 12.0. The Kier molecular flexibility index (Phi) is 3.59. The van der Waals surface area contributed by atoms with Crippen molar-refractivity contribution in [2.45, 2.75) is 11.6 Å². The molecule has 114 valence electrons. The summed E-state index contributed by atoms with van der Waals surface area (Å²) in [5, 5.41) is 11.3. The lowest BCUT2D eigenvalue weighted by Gasteiger charge is -2.04. The van der Waals surface area contributed by atoms with Crippen LogP contribution in [0.1, 0.15) is 0 Å². The smallest absolute Gasteiger partial charge is 0.408 e. The molecule has 0 atom stereocenters. The fourth-order valence-corrected chi connectivity index (χ4v) is 3.48. The van der Waals surface area contributed by atoms with E-state index < -0.39 is 0 Å². The van der Waals surface area contributed by atoms with Gasteiger partial charge in [-0.15, -0.1) is 16.9 Å². The van der Waals surface area contributed by atoms with Gasteiger partial charge in [0.2, 0.25) is 0 Å². The van der Waals surface area contributed by atoms with Gasteiger partial charge >= 0.3 is 5.76 Å². The Balaban J connectivity index is 1.57. The highest BCUT2D eigenvalue weighted by atomic mass is 32.2. The van der Waals surface area contributed by atoms with Crippen molar-refractivity contribution in [3.05, 3.63) is 65.3 Å². The molecule has 23 heavy (non-hydrogen) atoms. The molecule has 0 unspecified atom stereocenters. The van der Waals surface area contributed by atoms with E-state index in [1.807, 2.05) is 42.5 Å². The van der Waals surface area contributed by atoms with E-state index in [2.05, 4.69) is 10.2 Å². The van der Waals surface area contributed by atoms with Crippen LogP contribution in [0, 0.1) is 0 Å². The third kappa shape index (κ3) is 2.61. The van der Waals surface area contributed by atoms with Crippen LogP contribution in [0.4, 0.5) is 0 Å². The van der Waals surface area contributed by atoms with E-state index in [0.29, 0.717) is 17.9 Å². The first-order valence-electron chi connectivity index (χ1n) is 7.24. The van der Waals surface area contributed by atoms with Crippen LogP contribution in [0.25, 0.3) is 21.9 Å². The van der Waals surface area contributed by atoms with Gasteiger partial charge in [0.1, 0.15) is 5.03 Å². The largest absolute Gasteiger partial charge is 0.419 e. The highest BCUT2D eigenvalue weighted by molar-refractivity contribution is 7.99. The molecule has 0 fully saturated rings. The summed E-state index contributed by atoms with van der Waals surface area (Å²) in [7, 11) is 0. The van der Waals surface area contributed by atoms with Crippen LogP contribution in [-0.4, -0.2) is 20.5 Å². The second-order valence-electron chi connectivity index (χ2n) is 5.07. The zero-order valence-corrected chi connectivity index (χ0v) is 13.0. The minimum absolute atomic E-state index is 0.323. The molecule has 0 aliphatic heterocycles. The van der Waals surface area contributed by atoms with Crippen molar-refractivity contribution in [1.29, 1.82) is 0 Å². The first kappa shape index (κ1) is 14.0. The molecule has 0 radical (unpaired) electrons. The number of thioether (sulfide) groups is 1. The first-order chi connectivity index (χ1) is 11.3. The van der Waals surface area contributed by atoms with Gasteiger partial charge in [-0.25, -0.2) is 4.79 Å². The monoisotopic (exact) mass is 323 g/mol. The Bertz CT molecular complexity index is 1030. The Morgan fingerprint density at radius 3 is 2.87 bits per heavy atom. The molecule has 2 aromatic carbocycles. The van der Waals surface area contributed by atoms with Gasteiger partial charge in [0.15, 0.2) is 5.58 Å². The molecular weight excluding hydrogens is 310 g/mol. The zero-order valence-electron chi connectivity index (χ0n) is 12.2. The lowest BCUT2D eigenvalue weighted by Crippen LogP contribution is -2.15. The molecule has 4 aromatic rings. The maximum absolute atomic E-state index is 12.0. The van der Waals surface area contributed by atoms with E-state index in [-0.39, 0.29) is 5.76 Å². The van der Waals surface area contributed by atoms with Crippen molar-refractivity contribution in [3.63, 3.8) is 0 Å². The number of oxazole rings is 1. The van der Waals surface area contributed by atoms with E-state index in [1.165, 1.54) is 0 Å². The van der Waals surface area contributed by atoms with E-state index in [0.717, 1.165) is 21.3 Å². The van der Waals surface area contributed by atoms with Crippen molar-refractivity contribution < 1.29 is 4.42 Å². The molecule has 0 aliphatic rings. The molecular formula is C17H13N3O2S. The second-order valence-corrected chi connectivity index (χ2v) is 6.16. The van der Waals surface area contributed by atoms with Crippen LogP contribution in [0.15, 0.2) is 69.0 Å². The average molecular weight is 323 g/mol. The number of aromatic nitrogens is 3. The molecule has 0 spiro atoms. The van der Waals surface area contributed by atoms with Crippen molar-refractivity contribution in [3.8, 4) is 0 Å². The quantitative estimate of drug-likeness (QED) is 0.539. The summed E-state index contributed by atoms with van der Waals surface area (Å²) in [6.07, 6.45) is 1.76. The lowest BCUT2D eigenvalue weighted by molar-refractivity contribution is 0.514. The number of rotatable bonds is 4. The van der Waals surface area contributed by atoms with Crippen LogP contribution in [0.3, 0.4) is 0 Å². The number of hydrogen-bond donors (Lipinski definition) is 0. The van der Waals surface area contributed by atoms with Crippen molar-refractivity contribution in [2.24, 2.45) is 0 Å². The highest BCUT2D eigenvalue weighted by Gasteiger charge is 2.09. The number of hydrogen-bond acceptors (Lipinski definition) is 5. The van der Waals surface area contributed by atoms with Gasteiger partial charge in [0.25, 0.3) is 0 Å².